The third-order valence-corrected chi connectivity index (χ3v) is 3.56. The summed E-state index contributed by atoms with van der Waals surface area (Å²) in [7, 11) is 1.40. The van der Waals surface area contributed by atoms with Crippen LogP contribution in [-0.4, -0.2) is 37.0 Å². The number of nitrogens with zero attached hydrogens (tertiary/aromatic N) is 1. The smallest absolute Gasteiger partial charge is 0.310 e. The number of hydrogen-bond donors (Lipinski definition) is 0. The molecule has 1 fully saturated rings. The summed E-state index contributed by atoms with van der Waals surface area (Å²) in [4.78, 5) is 25.4. The molecule has 110 valence electrons. The fourth-order valence-corrected chi connectivity index (χ4v) is 2.89. The Morgan fingerprint density at radius 3 is 2.53 bits per heavy atom. The molecule has 1 rings (SSSR count). The van der Waals surface area contributed by atoms with Gasteiger partial charge in [-0.2, -0.15) is 0 Å². The topological polar surface area (TPSA) is 46.6 Å². The lowest BCUT2D eigenvalue weighted by atomic mass is 9.84. The number of esters is 1. The Morgan fingerprint density at radius 2 is 2.00 bits per heavy atom. The summed E-state index contributed by atoms with van der Waals surface area (Å²) in [6.45, 7) is 9.90. The molecule has 0 aromatic carbocycles. The molecule has 0 spiro atoms. The van der Waals surface area contributed by atoms with Crippen molar-refractivity contribution in [3.8, 4) is 0 Å². The Kier molecular flexibility index (Phi) is 5.39. The van der Waals surface area contributed by atoms with Crippen LogP contribution in [0.4, 0.5) is 0 Å². The van der Waals surface area contributed by atoms with E-state index >= 15 is 0 Å². The van der Waals surface area contributed by atoms with Crippen molar-refractivity contribution in [2.24, 2.45) is 17.3 Å². The SMILES string of the molecule is COC(=O)C1CCN(C(=O)CC(C)CC(C)(C)C)C1. The molecule has 19 heavy (non-hydrogen) atoms. The lowest BCUT2D eigenvalue weighted by molar-refractivity contribution is -0.145. The molecule has 0 N–H and O–H groups in total. The van der Waals surface area contributed by atoms with Gasteiger partial charge in [-0.3, -0.25) is 9.59 Å². The van der Waals surface area contributed by atoms with Gasteiger partial charge in [0.15, 0.2) is 0 Å². The zero-order chi connectivity index (χ0) is 14.6. The van der Waals surface area contributed by atoms with E-state index < -0.39 is 0 Å². The Hall–Kier alpha value is -1.06. The van der Waals surface area contributed by atoms with Gasteiger partial charge in [-0.05, 0) is 24.2 Å². The van der Waals surface area contributed by atoms with Crippen molar-refractivity contribution < 1.29 is 14.3 Å². The third-order valence-electron chi connectivity index (χ3n) is 3.56. The molecular weight excluding hydrogens is 242 g/mol. The van der Waals surface area contributed by atoms with Gasteiger partial charge in [0, 0.05) is 19.5 Å². The fraction of sp³-hybridized carbons (Fsp3) is 0.867. The van der Waals surface area contributed by atoms with Crippen LogP contribution in [0, 0.1) is 17.3 Å². The molecule has 1 saturated heterocycles. The van der Waals surface area contributed by atoms with Crippen LogP contribution in [0.25, 0.3) is 0 Å². The number of carbonyl (C=O) groups is 2. The minimum Gasteiger partial charge on any atom is -0.469 e. The van der Waals surface area contributed by atoms with Crippen LogP contribution in [0.15, 0.2) is 0 Å². The van der Waals surface area contributed by atoms with Crippen molar-refractivity contribution in [1.29, 1.82) is 0 Å². The summed E-state index contributed by atoms with van der Waals surface area (Å²) in [6.07, 6.45) is 2.34. The Morgan fingerprint density at radius 1 is 1.37 bits per heavy atom. The van der Waals surface area contributed by atoms with Crippen molar-refractivity contribution in [3.63, 3.8) is 0 Å². The van der Waals surface area contributed by atoms with E-state index in [1.165, 1.54) is 7.11 Å². The van der Waals surface area contributed by atoms with Crippen LogP contribution >= 0.6 is 0 Å². The summed E-state index contributed by atoms with van der Waals surface area (Å²) in [5.74, 6) is 0.220. The zero-order valence-electron chi connectivity index (χ0n) is 12.9. The highest BCUT2D eigenvalue weighted by molar-refractivity contribution is 5.79. The first-order valence-corrected chi connectivity index (χ1v) is 7.08. The van der Waals surface area contributed by atoms with Crippen LogP contribution in [0.5, 0.6) is 0 Å². The van der Waals surface area contributed by atoms with Crippen LogP contribution in [0.3, 0.4) is 0 Å². The molecule has 1 amide bonds. The number of carbonyl (C=O) groups excluding carboxylic acids is 2. The summed E-state index contributed by atoms with van der Waals surface area (Å²) in [5, 5.41) is 0. The Bertz CT molecular complexity index is 333. The van der Waals surface area contributed by atoms with E-state index in [1.54, 1.807) is 4.90 Å². The van der Waals surface area contributed by atoms with Gasteiger partial charge in [0.2, 0.25) is 5.91 Å². The lowest BCUT2D eigenvalue weighted by Gasteiger charge is -2.24. The molecule has 2 atom stereocenters. The normalized spacial score (nSPS) is 21.3. The van der Waals surface area contributed by atoms with E-state index in [1.807, 2.05) is 0 Å². The summed E-state index contributed by atoms with van der Waals surface area (Å²) in [6, 6.07) is 0. The first-order chi connectivity index (χ1) is 8.73. The highest BCUT2D eigenvalue weighted by Gasteiger charge is 2.32. The third kappa shape index (κ3) is 5.21. The molecule has 1 aliphatic rings. The minimum atomic E-state index is -0.196. The van der Waals surface area contributed by atoms with E-state index in [0.717, 1.165) is 12.8 Å². The van der Waals surface area contributed by atoms with Gasteiger partial charge in [-0.1, -0.05) is 27.7 Å². The lowest BCUT2D eigenvalue weighted by Crippen LogP contribution is -2.31. The molecule has 4 heteroatoms. The molecule has 0 saturated carbocycles. The first kappa shape index (κ1) is 16.0. The van der Waals surface area contributed by atoms with Crippen molar-refractivity contribution in [2.45, 2.75) is 47.0 Å². The van der Waals surface area contributed by atoms with E-state index in [4.69, 9.17) is 4.74 Å². The molecule has 0 radical (unpaired) electrons. The standard InChI is InChI=1S/C15H27NO3/c1-11(9-15(2,3)4)8-13(17)16-7-6-12(10-16)14(18)19-5/h11-12H,6-10H2,1-5H3. The predicted molar refractivity (Wildman–Crippen MR) is 74.6 cm³/mol. The van der Waals surface area contributed by atoms with Gasteiger partial charge in [-0.15, -0.1) is 0 Å². The molecule has 1 heterocycles. The number of hydrogen-bond acceptors (Lipinski definition) is 3. The van der Waals surface area contributed by atoms with Crippen molar-refractivity contribution in [2.75, 3.05) is 20.2 Å². The molecule has 0 bridgehead atoms. The second kappa shape index (κ2) is 6.40. The van der Waals surface area contributed by atoms with Crippen LogP contribution in [-0.2, 0) is 14.3 Å². The molecule has 4 nitrogen and oxygen atoms in total. The average molecular weight is 269 g/mol. The van der Waals surface area contributed by atoms with E-state index in [-0.39, 0.29) is 23.2 Å². The number of likely N-dealkylation sites (tertiary alicyclic amines) is 1. The highest BCUT2D eigenvalue weighted by Crippen LogP contribution is 2.27. The Balaban J connectivity index is 2.41. The maximum absolute atomic E-state index is 12.2. The number of amides is 1. The largest absolute Gasteiger partial charge is 0.469 e. The monoisotopic (exact) mass is 269 g/mol. The first-order valence-electron chi connectivity index (χ1n) is 7.08. The van der Waals surface area contributed by atoms with E-state index in [2.05, 4.69) is 27.7 Å². The van der Waals surface area contributed by atoms with E-state index in [9.17, 15) is 9.59 Å². The predicted octanol–water partition coefficient (Wildman–Crippen LogP) is 2.47. The quantitative estimate of drug-likeness (QED) is 0.737. The maximum Gasteiger partial charge on any atom is 0.310 e. The van der Waals surface area contributed by atoms with Crippen LogP contribution in [0.2, 0.25) is 0 Å². The minimum absolute atomic E-state index is 0.133. The highest BCUT2D eigenvalue weighted by atomic mass is 16.5. The van der Waals surface area contributed by atoms with Gasteiger partial charge in [-0.25, -0.2) is 0 Å². The fourth-order valence-electron chi connectivity index (χ4n) is 2.89. The number of rotatable bonds is 4. The second-order valence-corrected chi connectivity index (χ2v) is 6.92. The van der Waals surface area contributed by atoms with Crippen molar-refractivity contribution >= 4 is 11.9 Å². The molecule has 0 aromatic rings. The van der Waals surface area contributed by atoms with Crippen molar-refractivity contribution in [3.05, 3.63) is 0 Å². The zero-order valence-corrected chi connectivity index (χ0v) is 12.9. The van der Waals surface area contributed by atoms with Crippen molar-refractivity contribution in [1.82, 2.24) is 4.90 Å². The summed E-state index contributed by atoms with van der Waals surface area (Å²) >= 11 is 0. The van der Waals surface area contributed by atoms with Gasteiger partial charge in [0.05, 0.1) is 13.0 Å². The molecule has 0 aromatic heterocycles. The van der Waals surface area contributed by atoms with Gasteiger partial charge in [0.25, 0.3) is 0 Å². The number of ether oxygens (including phenoxy) is 1. The maximum atomic E-state index is 12.2. The van der Waals surface area contributed by atoms with Crippen LogP contribution < -0.4 is 0 Å². The van der Waals surface area contributed by atoms with Crippen LogP contribution in [0.1, 0.15) is 47.0 Å². The van der Waals surface area contributed by atoms with Gasteiger partial charge >= 0.3 is 5.97 Å². The average Bonchev–Trinajstić information content (AvgIpc) is 2.74. The van der Waals surface area contributed by atoms with Gasteiger partial charge in [0.1, 0.15) is 0 Å². The van der Waals surface area contributed by atoms with Gasteiger partial charge < -0.3 is 9.64 Å². The second-order valence-electron chi connectivity index (χ2n) is 6.92. The molecule has 2 unspecified atom stereocenters. The number of methoxy groups -OCH3 is 1. The van der Waals surface area contributed by atoms with E-state index in [0.29, 0.717) is 25.4 Å². The molecule has 1 aliphatic heterocycles. The Labute approximate surface area is 116 Å². The summed E-state index contributed by atoms with van der Waals surface area (Å²) < 4.78 is 4.73. The molecule has 0 aliphatic carbocycles. The summed E-state index contributed by atoms with van der Waals surface area (Å²) in [5.41, 5.74) is 0.249. The molecular formula is C15H27NO3.